The number of unbranched alkanes of at least 4 members (excludes halogenated alkanes) is 1. The molecule has 1 rings (SSSR count). The average Bonchev–Trinajstić information content (AvgIpc) is 2.16. The molecular formula is C11H13ClN2. The lowest BCUT2D eigenvalue weighted by Gasteiger charge is -2.10. The van der Waals surface area contributed by atoms with Crippen molar-refractivity contribution in [1.82, 2.24) is 0 Å². The first-order valence-corrected chi connectivity index (χ1v) is 4.99. The molecule has 74 valence electrons. The largest absolute Gasteiger partial charge is 0.384 e. The summed E-state index contributed by atoms with van der Waals surface area (Å²) in [6, 6.07) is 7.91. The first kappa shape index (κ1) is 10.9. The lowest BCUT2D eigenvalue weighted by atomic mass is 10.2. The average molecular weight is 209 g/mol. The summed E-state index contributed by atoms with van der Waals surface area (Å²) in [7, 11) is 0. The van der Waals surface area contributed by atoms with Gasteiger partial charge >= 0.3 is 0 Å². The van der Waals surface area contributed by atoms with Crippen LogP contribution in [0.1, 0.15) is 18.4 Å². The van der Waals surface area contributed by atoms with E-state index in [1.807, 2.05) is 25.1 Å². The van der Waals surface area contributed by atoms with Crippen LogP contribution in [0.4, 0.5) is 5.69 Å². The highest BCUT2D eigenvalue weighted by Gasteiger charge is 2.01. The number of nitrogens with zero attached hydrogens (tertiary/aromatic N) is 1. The lowest BCUT2D eigenvalue weighted by molar-refractivity contribution is 0.896. The molecular weight excluding hydrogens is 196 g/mol. The molecule has 1 aromatic carbocycles. The monoisotopic (exact) mass is 208 g/mol. The lowest BCUT2D eigenvalue weighted by Crippen LogP contribution is -2.03. The predicted octanol–water partition coefficient (Wildman–Crippen LogP) is 3.36. The molecule has 3 heteroatoms. The Labute approximate surface area is 89.5 Å². The van der Waals surface area contributed by atoms with E-state index in [0.29, 0.717) is 6.42 Å². The van der Waals surface area contributed by atoms with Crippen LogP contribution in [0.3, 0.4) is 0 Å². The van der Waals surface area contributed by atoms with Crippen LogP contribution in [-0.2, 0) is 0 Å². The number of benzene rings is 1. The van der Waals surface area contributed by atoms with Gasteiger partial charge in [-0.3, -0.25) is 0 Å². The second-order valence-electron chi connectivity index (χ2n) is 3.12. The molecule has 0 saturated carbocycles. The van der Waals surface area contributed by atoms with E-state index in [1.54, 1.807) is 0 Å². The van der Waals surface area contributed by atoms with Crippen LogP contribution < -0.4 is 5.32 Å². The summed E-state index contributed by atoms with van der Waals surface area (Å²) in [5.74, 6) is 0. The summed E-state index contributed by atoms with van der Waals surface area (Å²) >= 11 is 6.01. The maximum Gasteiger partial charge on any atom is 0.0640 e. The Kier molecular flexibility index (Phi) is 4.28. The fourth-order valence-corrected chi connectivity index (χ4v) is 1.53. The minimum atomic E-state index is 0.580. The van der Waals surface area contributed by atoms with E-state index < -0.39 is 0 Å². The zero-order valence-corrected chi connectivity index (χ0v) is 8.93. The molecule has 0 aliphatic carbocycles. The molecule has 2 nitrogen and oxygen atoms in total. The van der Waals surface area contributed by atoms with Crippen molar-refractivity contribution in [2.75, 3.05) is 11.9 Å². The number of hydrogen-bond donors (Lipinski definition) is 1. The molecule has 0 fully saturated rings. The number of nitriles is 1. The van der Waals surface area contributed by atoms with E-state index in [0.717, 1.165) is 29.2 Å². The first-order chi connectivity index (χ1) is 6.75. The molecule has 0 aromatic heterocycles. The number of rotatable bonds is 4. The fraction of sp³-hybridized carbons (Fsp3) is 0.364. The molecule has 0 aliphatic heterocycles. The number of para-hydroxylation sites is 1. The summed E-state index contributed by atoms with van der Waals surface area (Å²) < 4.78 is 0. The molecule has 1 aromatic rings. The smallest absolute Gasteiger partial charge is 0.0640 e. The van der Waals surface area contributed by atoms with Crippen LogP contribution in [0.5, 0.6) is 0 Å². The highest BCUT2D eigenvalue weighted by Crippen LogP contribution is 2.24. The van der Waals surface area contributed by atoms with Crippen LogP contribution in [0.2, 0.25) is 5.02 Å². The van der Waals surface area contributed by atoms with Gasteiger partial charge in [0.1, 0.15) is 0 Å². The molecule has 0 atom stereocenters. The van der Waals surface area contributed by atoms with Crippen LogP contribution in [0.25, 0.3) is 0 Å². The van der Waals surface area contributed by atoms with Gasteiger partial charge < -0.3 is 5.32 Å². The van der Waals surface area contributed by atoms with Gasteiger partial charge in [0, 0.05) is 13.0 Å². The minimum absolute atomic E-state index is 0.580. The van der Waals surface area contributed by atoms with Crippen molar-refractivity contribution in [1.29, 1.82) is 5.26 Å². The van der Waals surface area contributed by atoms with E-state index in [4.69, 9.17) is 16.9 Å². The SMILES string of the molecule is Cc1cccc(Cl)c1NCCCC#N. The minimum Gasteiger partial charge on any atom is -0.384 e. The van der Waals surface area contributed by atoms with Gasteiger partial charge in [-0.15, -0.1) is 0 Å². The van der Waals surface area contributed by atoms with E-state index >= 15 is 0 Å². The van der Waals surface area contributed by atoms with Crippen LogP contribution in [0.15, 0.2) is 18.2 Å². The molecule has 14 heavy (non-hydrogen) atoms. The predicted molar refractivity (Wildman–Crippen MR) is 59.5 cm³/mol. The molecule has 0 heterocycles. The number of aryl methyl sites for hydroxylation is 1. The molecule has 0 amide bonds. The van der Waals surface area contributed by atoms with Crippen molar-refractivity contribution >= 4 is 17.3 Å². The van der Waals surface area contributed by atoms with E-state index in [1.165, 1.54) is 0 Å². The van der Waals surface area contributed by atoms with Gasteiger partial charge in [0.15, 0.2) is 0 Å². The Morgan fingerprint density at radius 1 is 1.50 bits per heavy atom. The molecule has 0 unspecified atom stereocenters. The van der Waals surface area contributed by atoms with Gasteiger partial charge in [-0.25, -0.2) is 0 Å². The normalized spacial score (nSPS) is 9.50. The first-order valence-electron chi connectivity index (χ1n) is 4.61. The summed E-state index contributed by atoms with van der Waals surface area (Å²) in [6.45, 7) is 2.80. The van der Waals surface area contributed by atoms with Gasteiger partial charge in [0.25, 0.3) is 0 Å². The highest BCUT2D eigenvalue weighted by atomic mass is 35.5. The summed E-state index contributed by atoms with van der Waals surface area (Å²) in [5, 5.41) is 12.3. The number of anilines is 1. The van der Waals surface area contributed by atoms with Crippen LogP contribution >= 0.6 is 11.6 Å². The molecule has 0 spiro atoms. The third-order valence-corrected chi connectivity index (χ3v) is 2.30. The molecule has 1 N–H and O–H groups in total. The highest BCUT2D eigenvalue weighted by molar-refractivity contribution is 6.33. The quantitative estimate of drug-likeness (QED) is 0.771. The Balaban J connectivity index is 2.54. The number of nitrogens with one attached hydrogen (secondary N) is 1. The summed E-state index contributed by atoms with van der Waals surface area (Å²) in [6.07, 6.45) is 1.43. The van der Waals surface area contributed by atoms with Crippen molar-refractivity contribution in [3.05, 3.63) is 28.8 Å². The topological polar surface area (TPSA) is 35.8 Å². The fourth-order valence-electron chi connectivity index (χ4n) is 1.24. The van der Waals surface area contributed by atoms with Gasteiger partial charge in [0.05, 0.1) is 16.8 Å². The van der Waals surface area contributed by atoms with Crippen LogP contribution in [-0.4, -0.2) is 6.54 Å². The van der Waals surface area contributed by atoms with Gasteiger partial charge in [0.2, 0.25) is 0 Å². The van der Waals surface area contributed by atoms with Crippen molar-refractivity contribution in [3.63, 3.8) is 0 Å². The van der Waals surface area contributed by atoms with Crippen molar-refractivity contribution in [2.45, 2.75) is 19.8 Å². The van der Waals surface area contributed by atoms with Gasteiger partial charge in [-0.05, 0) is 25.0 Å². The summed E-state index contributed by atoms with van der Waals surface area (Å²) in [5.41, 5.74) is 2.11. The van der Waals surface area contributed by atoms with Crippen molar-refractivity contribution in [2.24, 2.45) is 0 Å². The van der Waals surface area contributed by atoms with Crippen molar-refractivity contribution < 1.29 is 0 Å². The molecule has 0 saturated heterocycles. The third-order valence-electron chi connectivity index (χ3n) is 1.99. The third kappa shape index (κ3) is 2.93. The Bertz CT molecular complexity index is 321. The van der Waals surface area contributed by atoms with E-state index in [9.17, 15) is 0 Å². The van der Waals surface area contributed by atoms with Gasteiger partial charge in [-0.2, -0.15) is 5.26 Å². The Morgan fingerprint density at radius 3 is 2.93 bits per heavy atom. The Morgan fingerprint density at radius 2 is 2.29 bits per heavy atom. The second kappa shape index (κ2) is 5.51. The molecule has 0 aliphatic rings. The Hall–Kier alpha value is -1.20. The number of halogens is 1. The zero-order chi connectivity index (χ0) is 10.4. The number of hydrogen-bond acceptors (Lipinski definition) is 2. The van der Waals surface area contributed by atoms with E-state index in [2.05, 4.69) is 11.4 Å². The van der Waals surface area contributed by atoms with Gasteiger partial charge in [-0.1, -0.05) is 23.7 Å². The van der Waals surface area contributed by atoms with Crippen molar-refractivity contribution in [3.8, 4) is 6.07 Å². The second-order valence-corrected chi connectivity index (χ2v) is 3.53. The summed E-state index contributed by atoms with van der Waals surface area (Å²) in [4.78, 5) is 0. The zero-order valence-electron chi connectivity index (χ0n) is 8.18. The van der Waals surface area contributed by atoms with E-state index in [-0.39, 0.29) is 0 Å². The maximum atomic E-state index is 8.37. The molecule has 0 radical (unpaired) electrons. The molecule has 0 bridgehead atoms. The maximum absolute atomic E-state index is 8.37. The van der Waals surface area contributed by atoms with Crippen LogP contribution in [0, 0.1) is 18.3 Å². The standard InChI is InChI=1S/C11H13ClN2/c1-9-5-4-6-10(12)11(9)14-8-3-2-7-13/h4-6,14H,2-3,8H2,1H3.